The molecule has 0 atom stereocenters. The van der Waals surface area contributed by atoms with Crippen LogP contribution >= 0.6 is 0 Å². The van der Waals surface area contributed by atoms with E-state index in [1.807, 2.05) is 0 Å². The van der Waals surface area contributed by atoms with Gasteiger partial charge in [0.2, 0.25) is 0 Å². The molecule has 0 aromatic rings. The quantitative estimate of drug-likeness (QED) is 0.299. The lowest BCUT2D eigenvalue weighted by atomic mass is 9.93. The highest BCUT2D eigenvalue weighted by Gasteiger charge is 1.84. The molecule has 0 aliphatic rings. The summed E-state index contributed by atoms with van der Waals surface area (Å²) in [5.74, 6) is 0. The van der Waals surface area contributed by atoms with Crippen LogP contribution in [0.4, 0.5) is 0 Å². The van der Waals surface area contributed by atoms with Crippen molar-refractivity contribution < 1.29 is 5.02 Å². The van der Waals surface area contributed by atoms with Crippen molar-refractivity contribution in [2.24, 2.45) is 5.73 Å². The van der Waals surface area contributed by atoms with Crippen LogP contribution in [0.5, 0.6) is 0 Å². The zero-order valence-corrected chi connectivity index (χ0v) is 3.89. The number of hydrogen-bond donors (Lipinski definition) is 3. The lowest BCUT2D eigenvalue weighted by Crippen LogP contribution is -2.02. The van der Waals surface area contributed by atoms with Gasteiger partial charge < -0.3 is 16.2 Å². The molecular weight excluding hydrogens is 90.9 g/mol. The Bertz CT molecular complexity index is 90.9. The van der Waals surface area contributed by atoms with Crippen molar-refractivity contribution in [2.75, 3.05) is 0 Å². The van der Waals surface area contributed by atoms with Crippen molar-refractivity contribution >= 4 is 13.1 Å². The zero-order valence-electron chi connectivity index (χ0n) is 3.89. The van der Waals surface area contributed by atoms with E-state index in [9.17, 15) is 0 Å². The lowest BCUT2D eigenvalue weighted by molar-refractivity contribution is 0.618. The smallest absolute Gasteiger partial charge is 0.324 e. The highest BCUT2D eigenvalue weighted by molar-refractivity contribution is 6.71. The molecule has 0 saturated heterocycles. The van der Waals surface area contributed by atoms with Crippen LogP contribution in [0.2, 0.25) is 0 Å². The van der Waals surface area contributed by atoms with E-state index >= 15 is 0 Å². The van der Waals surface area contributed by atoms with Crippen molar-refractivity contribution in [1.29, 1.82) is 5.41 Å². The minimum Gasteiger partial charge on any atom is -0.448 e. The third-order valence-corrected chi connectivity index (χ3v) is 0.468. The molecule has 0 aromatic heterocycles. The van der Waals surface area contributed by atoms with E-state index in [1.165, 1.54) is 12.3 Å². The maximum absolute atomic E-state index is 8.13. The summed E-state index contributed by atoms with van der Waals surface area (Å²) in [5.41, 5.74) is 5.00. The van der Waals surface area contributed by atoms with Crippen molar-refractivity contribution in [1.82, 2.24) is 0 Å². The second kappa shape index (κ2) is 3.43. The van der Waals surface area contributed by atoms with Crippen LogP contribution in [-0.4, -0.2) is 18.1 Å². The molecule has 0 fully saturated rings. The van der Waals surface area contributed by atoms with Gasteiger partial charge in [0.15, 0.2) is 0 Å². The Labute approximate surface area is 42.6 Å². The predicted molar refractivity (Wildman–Crippen MR) is 30.4 cm³/mol. The summed E-state index contributed by atoms with van der Waals surface area (Å²) < 4.78 is 0. The summed E-state index contributed by atoms with van der Waals surface area (Å²) in [6.45, 7) is 0. The van der Waals surface area contributed by atoms with Crippen molar-refractivity contribution in [3.63, 3.8) is 0 Å². The Hall–Kier alpha value is -0.765. The Morgan fingerprint density at radius 1 is 1.86 bits per heavy atom. The van der Waals surface area contributed by atoms with E-state index in [2.05, 4.69) is 0 Å². The average molecular weight is 97.9 g/mol. The second-order valence-electron chi connectivity index (χ2n) is 1.04. The van der Waals surface area contributed by atoms with Crippen LogP contribution in [0.3, 0.4) is 0 Å². The normalized spacial score (nSPS) is 9.29. The molecule has 7 heavy (non-hydrogen) atoms. The summed E-state index contributed by atoms with van der Waals surface area (Å²) in [5, 5.41) is 14.9. The first kappa shape index (κ1) is 6.23. The van der Waals surface area contributed by atoms with Crippen molar-refractivity contribution in [2.45, 2.75) is 0 Å². The molecule has 0 saturated carbocycles. The van der Waals surface area contributed by atoms with Crippen LogP contribution in [-0.2, 0) is 0 Å². The van der Waals surface area contributed by atoms with E-state index in [0.29, 0.717) is 0 Å². The third-order valence-electron chi connectivity index (χ3n) is 0.468. The predicted octanol–water partition coefficient (Wildman–Crippen LogP) is -1.22. The second-order valence-corrected chi connectivity index (χ2v) is 1.04. The van der Waals surface area contributed by atoms with E-state index in [4.69, 9.17) is 16.2 Å². The molecule has 0 aromatic carbocycles. The molecule has 4 heteroatoms. The molecule has 0 rings (SSSR count). The molecule has 0 unspecified atom stereocenters. The van der Waals surface area contributed by atoms with Crippen LogP contribution in [0, 0.1) is 5.41 Å². The van der Waals surface area contributed by atoms with Crippen LogP contribution in [0.15, 0.2) is 12.3 Å². The van der Waals surface area contributed by atoms with Crippen LogP contribution in [0.25, 0.3) is 0 Å². The van der Waals surface area contributed by atoms with Crippen molar-refractivity contribution in [3.05, 3.63) is 12.3 Å². The molecule has 0 heterocycles. The molecular formula is C3H7BN2O. The van der Waals surface area contributed by atoms with Gasteiger partial charge in [0.1, 0.15) is 0 Å². The standard InChI is InChI=1S/C3H7BN2O/c5-2-1-3(6)4-7/h1-2,4,6-7H,5H2/b2-1-,6-3?. The van der Waals surface area contributed by atoms with Gasteiger partial charge in [0.05, 0.1) is 0 Å². The summed E-state index contributed by atoms with van der Waals surface area (Å²) in [7, 11) is -0.242. The molecule has 0 amide bonds. The average Bonchev–Trinajstić information content (AvgIpc) is 1.68. The third kappa shape index (κ3) is 3.05. The number of rotatable bonds is 2. The van der Waals surface area contributed by atoms with Gasteiger partial charge in [-0.1, -0.05) is 0 Å². The van der Waals surface area contributed by atoms with Crippen molar-refractivity contribution in [3.8, 4) is 0 Å². The summed E-state index contributed by atoms with van der Waals surface area (Å²) in [4.78, 5) is 0. The molecule has 4 N–H and O–H groups in total. The molecule has 0 radical (unpaired) electrons. The fourth-order valence-electron chi connectivity index (χ4n) is 0.169. The Morgan fingerprint density at radius 2 is 2.43 bits per heavy atom. The van der Waals surface area contributed by atoms with Crippen LogP contribution < -0.4 is 5.73 Å². The summed E-state index contributed by atoms with van der Waals surface area (Å²) in [6, 6.07) is 0. The number of nitrogens with two attached hydrogens (primary N) is 1. The molecule has 38 valence electrons. The fraction of sp³-hybridized carbons (Fsp3) is 0. The zero-order chi connectivity index (χ0) is 5.70. The largest absolute Gasteiger partial charge is 0.448 e. The highest BCUT2D eigenvalue weighted by atomic mass is 16.2. The van der Waals surface area contributed by atoms with Gasteiger partial charge in [-0.2, -0.15) is 0 Å². The number of allylic oxidation sites excluding steroid dienone is 1. The monoisotopic (exact) mass is 98.1 g/mol. The molecule has 0 spiro atoms. The van der Waals surface area contributed by atoms with Gasteiger partial charge in [-0.25, -0.2) is 0 Å². The summed E-state index contributed by atoms with van der Waals surface area (Å²) in [6.07, 6.45) is 2.55. The fourth-order valence-corrected chi connectivity index (χ4v) is 0.169. The maximum atomic E-state index is 8.13. The molecule has 0 bridgehead atoms. The van der Waals surface area contributed by atoms with E-state index in [1.54, 1.807) is 0 Å². The first-order valence-electron chi connectivity index (χ1n) is 1.88. The van der Waals surface area contributed by atoms with Crippen LogP contribution in [0.1, 0.15) is 0 Å². The Morgan fingerprint density at radius 3 is 2.57 bits per heavy atom. The minimum absolute atomic E-state index is 0.127. The Kier molecular flexibility index (Phi) is 3.05. The van der Waals surface area contributed by atoms with E-state index in [-0.39, 0.29) is 13.1 Å². The summed E-state index contributed by atoms with van der Waals surface area (Å²) >= 11 is 0. The molecule has 3 nitrogen and oxygen atoms in total. The topological polar surface area (TPSA) is 70.1 Å². The van der Waals surface area contributed by atoms with E-state index in [0.717, 1.165) is 0 Å². The highest BCUT2D eigenvalue weighted by Crippen LogP contribution is 1.65. The minimum atomic E-state index is -0.242. The number of nitrogens with one attached hydrogen (secondary N) is 1. The number of hydrogen-bond acceptors (Lipinski definition) is 3. The first-order chi connectivity index (χ1) is 3.31. The SMILES string of the molecule is N=C(BO)/C=C\N. The van der Waals surface area contributed by atoms with Gasteiger partial charge in [0.25, 0.3) is 0 Å². The van der Waals surface area contributed by atoms with E-state index < -0.39 is 0 Å². The molecule has 0 aliphatic heterocycles. The lowest BCUT2D eigenvalue weighted by Gasteiger charge is -1.80. The van der Waals surface area contributed by atoms with Gasteiger partial charge in [-0.3, -0.25) is 0 Å². The van der Waals surface area contributed by atoms with Gasteiger partial charge in [-0.15, -0.1) is 0 Å². The van der Waals surface area contributed by atoms with Gasteiger partial charge >= 0.3 is 7.48 Å². The van der Waals surface area contributed by atoms with Gasteiger partial charge in [-0.05, 0) is 12.3 Å². The first-order valence-corrected chi connectivity index (χ1v) is 1.88. The van der Waals surface area contributed by atoms with Gasteiger partial charge in [0, 0.05) is 5.61 Å². The molecule has 0 aliphatic carbocycles. The maximum Gasteiger partial charge on any atom is 0.324 e. The Balaban J connectivity index is 3.37.